The van der Waals surface area contributed by atoms with Crippen molar-refractivity contribution >= 4 is 29.0 Å². The minimum absolute atomic E-state index is 0.0798. The smallest absolute Gasteiger partial charge is 0.233 e. The number of anilines is 1. The lowest BCUT2D eigenvalue weighted by Gasteiger charge is -2.32. The van der Waals surface area contributed by atoms with Crippen LogP contribution >= 0.6 is 11.3 Å². The summed E-state index contributed by atoms with van der Waals surface area (Å²) in [6, 6.07) is 25.3. The number of carbonyl (C=O) groups is 2. The second-order valence-electron chi connectivity index (χ2n) is 8.50. The van der Waals surface area contributed by atoms with Crippen LogP contribution in [0.1, 0.15) is 49.1 Å². The van der Waals surface area contributed by atoms with Crippen molar-refractivity contribution < 1.29 is 9.59 Å². The molecular formula is C27H27N5O2S. The Balaban J connectivity index is 1.47. The summed E-state index contributed by atoms with van der Waals surface area (Å²) in [4.78, 5) is 27.0. The van der Waals surface area contributed by atoms with Gasteiger partial charge < -0.3 is 10.6 Å². The zero-order valence-corrected chi connectivity index (χ0v) is 20.2. The Labute approximate surface area is 208 Å². The van der Waals surface area contributed by atoms with Gasteiger partial charge in [0.1, 0.15) is 11.5 Å². The summed E-state index contributed by atoms with van der Waals surface area (Å²) < 4.78 is 1.66. The summed E-state index contributed by atoms with van der Waals surface area (Å²) in [5, 5.41) is 16.3. The molecule has 2 amide bonds. The maximum atomic E-state index is 13.4. The van der Waals surface area contributed by atoms with Gasteiger partial charge in [-0.15, -0.1) is 11.3 Å². The molecule has 3 N–H and O–H groups in total. The fourth-order valence-corrected chi connectivity index (χ4v) is 5.10. The molecule has 35 heavy (non-hydrogen) atoms. The Morgan fingerprint density at radius 3 is 2.54 bits per heavy atom. The molecule has 178 valence electrons. The van der Waals surface area contributed by atoms with Crippen molar-refractivity contribution in [3.05, 3.63) is 95.4 Å². The van der Waals surface area contributed by atoms with Crippen molar-refractivity contribution in [3.63, 3.8) is 0 Å². The van der Waals surface area contributed by atoms with Crippen LogP contribution in [-0.2, 0) is 9.59 Å². The Hall–Kier alpha value is -3.75. The summed E-state index contributed by atoms with van der Waals surface area (Å²) in [6.45, 7) is 2.00. The molecule has 0 aliphatic carbocycles. The average Bonchev–Trinajstić information content (AvgIpc) is 3.56. The van der Waals surface area contributed by atoms with Crippen LogP contribution in [0.5, 0.6) is 0 Å². The molecule has 1 fully saturated rings. The lowest BCUT2D eigenvalue weighted by molar-refractivity contribution is -0.125. The number of aromatic nitrogens is 2. The SMILES string of the molecule is CCC(C(=O)Nc1cc(-c2cccs2)nn1C1NC(=O)CC(c2ccccc2)N1)c1ccccc1. The van der Waals surface area contributed by atoms with Gasteiger partial charge in [0.2, 0.25) is 11.8 Å². The summed E-state index contributed by atoms with van der Waals surface area (Å²) in [7, 11) is 0. The summed E-state index contributed by atoms with van der Waals surface area (Å²) in [5.41, 5.74) is 2.73. The Morgan fingerprint density at radius 1 is 1.11 bits per heavy atom. The topological polar surface area (TPSA) is 88.1 Å². The number of amides is 2. The largest absolute Gasteiger partial charge is 0.322 e. The maximum Gasteiger partial charge on any atom is 0.233 e. The molecule has 1 aliphatic heterocycles. The second kappa shape index (κ2) is 10.2. The van der Waals surface area contributed by atoms with E-state index < -0.39 is 6.29 Å². The summed E-state index contributed by atoms with van der Waals surface area (Å²) in [5.74, 6) is 0.0399. The van der Waals surface area contributed by atoms with Crippen LogP contribution in [-0.4, -0.2) is 21.6 Å². The molecule has 8 heteroatoms. The molecule has 2 aromatic heterocycles. The van der Waals surface area contributed by atoms with Crippen molar-refractivity contribution in [2.75, 3.05) is 5.32 Å². The molecule has 0 saturated carbocycles. The van der Waals surface area contributed by atoms with E-state index in [1.807, 2.05) is 91.2 Å². The minimum Gasteiger partial charge on any atom is -0.322 e. The van der Waals surface area contributed by atoms with E-state index in [9.17, 15) is 9.59 Å². The number of thiophene rings is 1. The second-order valence-corrected chi connectivity index (χ2v) is 9.45. The van der Waals surface area contributed by atoms with E-state index in [1.165, 1.54) is 0 Å². The molecule has 1 aliphatic rings. The van der Waals surface area contributed by atoms with E-state index in [2.05, 4.69) is 16.0 Å². The molecular weight excluding hydrogens is 458 g/mol. The standard InChI is InChI=1S/C27H27N5O2S/c1-2-20(18-10-5-3-6-11-18)26(34)29-24-16-22(23-14-9-15-35-23)31-32(24)27-28-21(17-25(33)30-27)19-12-7-4-8-13-19/h3-16,20-21,27-28H,2,17H2,1H3,(H,29,34)(H,30,33). The van der Waals surface area contributed by atoms with Gasteiger partial charge in [-0.1, -0.05) is 73.7 Å². The third-order valence-electron chi connectivity index (χ3n) is 6.18. The third kappa shape index (κ3) is 5.03. The molecule has 2 aromatic carbocycles. The fraction of sp³-hybridized carbons (Fsp3) is 0.222. The van der Waals surface area contributed by atoms with E-state index in [0.29, 0.717) is 18.7 Å². The van der Waals surface area contributed by atoms with Gasteiger partial charge in [-0.2, -0.15) is 5.10 Å². The van der Waals surface area contributed by atoms with Crippen LogP contribution in [0.3, 0.4) is 0 Å². The van der Waals surface area contributed by atoms with E-state index in [0.717, 1.165) is 21.7 Å². The number of rotatable bonds is 7. The van der Waals surface area contributed by atoms with Gasteiger partial charge in [0.05, 0.1) is 10.8 Å². The molecule has 3 heterocycles. The molecule has 5 rings (SSSR count). The molecule has 4 aromatic rings. The van der Waals surface area contributed by atoms with Gasteiger partial charge >= 0.3 is 0 Å². The highest BCUT2D eigenvalue weighted by Gasteiger charge is 2.31. The molecule has 0 bridgehead atoms. The van der Waals surface area contributed by atoms with Crippen molar-refractivity contribution in [1.29, 1.82) is 0 Å². The lowest BCUT2D eigenvalue weighted by atomic mass is 9.96. The normalized spacial score (nSPS) is 18.6. The first-order chi connectivity index (χ1) is 17.1. The summed E-state index contributed by atoms with van der Waals surface area (Å²) >= 11 is 1.57. The molecule has 3 unspecified atom stereocenters. The van der Waals surface area contributed by atoms with Gasteiger partial charge in [-0.3, -0.25) is 14.9 Å². The first-order valence-electron chi connectivity index (χ1n) is 11.7. The highest BCUT2D eigenvalue weighted by molar-refractivity contribution is 7.13. The van der Waals surface area contributed by atoms with E-state index in [4.69, 9.17) is 5.10 Å². The van der Waals surface area contributed by atoms with Crippen LogP contribution in [0.25, 0.3) is 10.6 Å². The van der Waals surface area contributed by atoms with Crippen LogP contribution < -0.4 is 16.0 Å². The number of hydrogen-bond acceptors (Lipinski definition) is 5. The number of carbonyl (C=O) groups excluding carboxylic acids is 2. The zero-order valence-electron chi connectivity index (χ0n) is 19.3. The predicted octanol–water partition coefficient (Wildman–Crippen LogP) is 5.05. The van der Waals surface area contributed by atoms with Crippen molar-refractivity contribution in [1.82, 2.24) is 20.4 Å². The fourth-order valence-electron chi connectivity index (χ4n) is 4.42. The molecule has 0 radical (unpaired) electrons. The Bertz CT molecular complexity index is 1290. The number of hydrogen-bond donors (Lipinski definition) is 3. The molecule has 1 saturated heterocycles. The Morgan fingerprint density at radius 2 is 1.86 bits per heavy atom. The zero-order chi connectivity index (χ0) is 24.2. The highest BCUT2D eigenvalue weighted by Crippen LogP contribution is 2.31. The number of nitrogens with one attached hydrogen (secondary N) is 3. The van der Waals surface area contributed by atoms with Gasteiger partial charge in [0.15, 0.2) is 6.29 Å². The van der Waals surface area contributed by atoms with Gasteiger partial charge in [0.25, 0.3) is 0 Å². The minimum atomic E-state index is -0.609. The van der Waals surface area contributed by atoms with Gasteiger partial charge in [-0.25, -0.2) is 4.68 Å². The molecule has 7 nitrogen and oxygen atoms in total. The van der Waals surface area contributed by atoms with Crippen molar-refractivity contribution in [2.24, 2.45) is 0 Å². The van der Waals surface area contributed by atoms with E-state index in [-0.39, 0.29) is 23.8 Å². The van der Waals surface area contributed by atoms with E-state index in [1.54, 1.807) is 16.0 Å². The van der Waals surface area contributed by atoms with Crippen LogP contribution in [0.4, 0.5) is 5.82 Å². The third-order valence-corrected chi connectivity index (χ3v) is 7.07. The van der Waals surface area contributed by atoms with E-state index >= 15 is 0 Å². The Kier molecular flexibility index (Phi) is 6.74. The van der Waals surface area contributed by atoms with Gasteiger partial charge in [0, 0.05) is 18.5 Å². The molecule has 3 atom stereocenters. The maximum absolute atomic E-state index is 13.4. The summed E-state index contributed by atoms with van der Waals surface area (Å²) in [6.07, 6.45) is 0.381. The number of nitrogens with zero attached hydrogens (tertiary/aromatic N) is 2. The highest BCUT2D eigenvalue weighted by atomic mass is 32.1. The first-order valence-corrected chi connectivity index (χ1v) is 12.6. The monoisotopic (exact) mass is 485 g/mol. The quantitative estimate of drug-likeness (QED) is 0.342. The van der Waals surface area contributed by atoms with Crippen molar-refractivity contribution in [2.45, 2.75) is 38.0 Å². The first kappa shape index (κ1) is 23.0. The van der Waals surface area contributed by atoms with Crippen LogP contribution in [0, 0.1) is 0 Å². The predicted molar refractivity (Wildman–Crippen MR) is 138 cm³/mol. The number of benzene rings is 2. The van der Waals surface area contributed by atoms with Crippen LogP contribution in [0.2, 0.25) is 0 Å². The average molecular weight is 486 g/mol. The molecule has 0 spiro atoms. The van der Waals surface area contributed by atoms with Gasteiger partial charge in [-0.05, 0) is 29.0 Å². The lowest BCUT2D eigenvalue weighted by Crippen LogP contribution is -2.50. The van der Waals surface area contributed by atoms with Crippen molar-refractivity contribution in [3.8, 4) is 10.6 Å². The van der Waals surface area contributed by atoms with Crippen LogP contribution in [0.15, 0.2) is 84.2 Å².